The fourth-order valence-electron chi connectivity index (χ4n) is 1.71. The minimum absolute atomic E-state index is 0.0916. The smallest absolute Gasteiger partial charge is 0.243 e. The molecule has 6 heteroatoms. The van der Waals surface area contributed by atoms with Crippen LogP contribution in [0.15, 0.2) is 18.2 Å². The molecule has 108 valence electrons. The van der Waals surface area contributed by atoms with Gasteiger partial charge in [0.2, 0.25) is 5.91 Å². The zero-order chi connectivity index (χ0) is 14.7. The second-order valence-electron chi connectivity index (χ2n) is 4.84. The van der Waals surface area contributed by atoms with Gasteiger partial charge >= 0.3 is 0 Å². The Balaban J connectivity index is 2.17. The number of carbonyl (C=O) groups excluding carboxylic acids is 1. The molecule has 3 N–H and O–H groups in total. The van der Waals surface area contributed by atoms with Crippen LogP contribution in [0.4, 0.5) is 5.13 Å². The monoisotopic (exact) mass is 293 g/mol. The third-order valence-electron chi connectivity index (χ3n) is 2.92. The van der Waals surface area contributed by atoms with Crippen molar-refractivity contribution >= 4 is 32.6 Å². The van der Waals surface area contributed by atoms with Gasteiger partial charge < -0.3 is 15.8 Å². The largest absolute Gasteiger partial charge is 0.494 e. The topological polar surface area (TPSA) is 77.2 Å². The fraction of sp³-hybridized carbons (Fsp3) is 0.429. The molecule has 1 amide bonds. The van der Waals surface area contributed by atoms with E-state index in [4.69, 9.17) is 10.5 Å². The average Bonchev–Trinajstić information content (AvgIpc) is 2.79. The second-order valence-corrected chi connectivity index (χ2v) is 5.87. The van der Waals surface area contributed by atoms with Gasteiger partial charge in [-0.2, -0.15) is 0 Å². The zero-order valence-electron chi connectivity index (χ0n) is 11.8. The number of rotatable bonds is 5. The van der Waals surface area contributed by atoms with Gasteiger partial charge in [-0.25, -0.2) is 4.98 Å². The van der Waals surface area contributed by atoms with Gasteiger partial charge in [0.05, 0.1) is 22.9 Å². The highest BCUT2D eigenvalue weighted by atomic mass is 32.1. The average molecular weight is 293 g/mol. The van der Waals surface area contributed by atoms with Crippen LogP contribution in [-0.2, 0) is 4.79 Å². The first-order valence-electron chi connectivity index (χ1n) is 6.61. The van der Waals surface area contributed by atoms with Crippen molar-refractivity contribution < 1.29 is 9.53 Å². The quantitative estimate of drug-likeness (QED) is 0.888. The van der Waals surface area contributed by atoms with E-state index >= 15 is 0 Å². The van der Waals surface area contributed by atoms with Gasteiger partial charge in [0.1, 0.15) is 5.75 Å². The number of nitrogens with two attached hydrogens (primary N) is 1. The summed E-state index contributed by atoms with van der Waals surface area (Å²) in [5.74, 6) is 0.693. The number of ether oxygens (including phenoxy) is 1. The third kappa shape index (κ3) is 3.26. The van der Waals surface area contributed by atoms with Crippen LogP contribution in [0.3, 0.4) is 0 Å². The van der Waals surface area contributed by atoms with Crippen LogP contribution < -0.4 is 15.8 Å². The van der Waals surface area contributed by atoms with Crippen molar-refractivity contribution in [3.8, 4) is 5.75 Å². The summed E-state index contributed by atoms with van der Waals surface area (Å²) in [6.07, 6.45) is 0. The summed E-state index contributed by atoms with van der Waals surface area (Å²) in [7, 11) is 0. The number of benzene rings is 1. The molecule has 0 radical (unpaired) electrons. The number of amides is 1. The van der Waals surface area contributed by atoms with Gasteiger partial charge in [0.15, 0.2) is 5.13 Å². The molecule has 2 aromatic rings. The van der Waals surface area contributed by atoms with Crippen LogP contribution in [-0.4, -0.2) is 23.5 Å². The summed E-state index contributed by atoms with van der Waals surface area (Å²) in [5, 5.41) is 3.33. The van der Waals surface area contributed by atoms with Gasteiger partial charge in [0, 0.05) is 0 Å². The minimum Gasteiger partial charge on any atom is -0.494 e. The van der Waals surface area contributed by atoms with E-state index < -0.39 is 6.04 Å². The lowest BCUT2D eigenvalue weighted by Gasteiger charge is -2.13. The van der Waals surface area contributed by atoms with Crippen LogP contribution >= 0.6 is 11.3 Å². The van der Waals surface area contributed by atoms with Crippen molar-refractivity contribution in [1.82, 2.24) is 4.98 Å². The Morgan fingerprint density at radius 3 is 2.90 bits per heavy atom. The first kappa shape index (κ1) is 14.7. The van der Waals surface area contributed by atoms with Crippen molar-refractivity contribution in [1.29, 1.82) is 0 Å². The molecule has 1 aromatic carbocycles. The van der Waals surface area contributed by atoms with Crippen LogP contribution in [0.1, 0.15) is 20.8 Å². The molecule has 2 rings (SSSR count). The number of aromatic nitrogens is 1. The molecule has 1 atom stereocenters. The lowest BCUT2D eigenvalue weighted by molar-refractivity contribution is -0.118. The summed E-state index contributed by atoms with van der Waals surface area (Å²) < 4.78 is 6.42. The van der Waals surface area contributed by atoms with Crippen molar-refractivity contribution in [3.05, 3.63) is 18.2 Å². The normalized spacial score (nSPS) is 12.7. The van der Waals surface area contributed by atoms with E-state index in [2.05, 4.69) is 10.3 Å². The lowest BCUT2D eigenvalue weighted by atomic mass is 10.1. The predicted octanol–water partition coefficient (Wildman–Crippen LogP) is 2.62. The Labute approximate surface area is 122 Å². The maximum atomic E-state index is 11.9. The molecular weight excluding hydrogens is 274 g/mol. The molecule has 1 aromatic heterocycles. The third-order valence-corrected chi connectivity index (χ3v) is 3.86. The standard InChI is InChI=1S/C14H19N3O2S/c1-4-19-9-5-6-10-11(7-9)20-14(16-10)17-13(18)12(15)8(2)3/h5-8,12H,4,15H2,1-3H3,(H,16,17,18)/t12-/m1/s1. The van der Waals surface area contributed by atoms with Crippen LogP contribution in [0, 0.1) is 5.92 Å². The molecule has 0 aliphatic rings. The summed E-state index contributed by atoms with van der Waals surface area (Å²) in [4.78, 5) is 16.3. The van der Waals surface area contributed by atoms with E-state index in [9.17, 15) is 4.79 Å². The van der Waals surface area contributed by atoms with Crippen LogP contribution in [0.5, 0.6) is 5.75 Å². The molecule has 0 aliphatic heterocycles. The van der Waals surface area contributed by atoms with Crippen LogP contribution in [0.25, 0.3) is 10.2 Å². The molecule has 0 spiro atoms. The Morgan fingerprint density at radius 2 is 2.25 bits per heavy atom. The number of hydrogen-bond donors (Lipinski definition) is 2. The van der Waals surface area contributed by atoms with E-state index in [1.54, 1.807) is 0 Å². The maximum absolute atomic E-state index is 11.9. The molecule has 0 aliphatic carbocycles. The number of carbonyl (C=O) groups is 1. The molecule has 0 fully saturated rings. The van der Waals surface area contributed by atoms with E-state index in [0.717, 1.165) is 16.0 Å². The van der Waals surface area contributed by atoms with Crippen molar-refractivity contribution in [2.45, 2.75) is 26.8 Å². The van der Waals surface area contributed by atoms with Crippen LogP contribution in [0.2, 0.25) is 0 Å². The van der Waals surface area contributed by atoms with E-state index in [-0.39, 0.29) is 11.8 Å². The fourth-order valence-corrected chi connectivity index (χ4v) is 2.60. The summed E-state index contributed by atoms with van der Waals surface area (Å²) in [6.45, 7) is 6.39. The molecular formula is C14H19N3O2S. The van der Waals surface area contributed by atoms with Crippen molar-refractivity contribution in [3.63, 3.8) is 0 Å². The summed E-state index contributed by atoms with van der Waals surface area (Å²) in [5.41, 5.74) is 6.65. The molecule has 20 heavy (non-hydrogen) atoms. The first-order valence-corrected chi connectivity index (χ1v) is 7.42. The minimum atomic E-state index is -0.527. The van der Waals surface area contributed by atoms with E-state index in [0.29, 0.717) is 11.7 Å². The van der Waals surface area contributed by atoms with Gasteiger partial charge in [-0.15, -0.1) is 0 Å². The first-order chi connectivity index (χ1) is 9.51. The Hall–Kier alpha value is -1.66. The lowest BCUT2D eigenvalue weighted by Crippen LogP contribution is -2.39. The number of fused-ring (bicyclic) bond motifs is 1. The summed E-state index contributed by atoms with van der Waals surface area (Å²) >= 11 is 1.42. The van der Waals surface area contributed by atoms with Crippen molar-refractivity contribution in [2.75, 3.05) is 11.9 Å². The van der Waals surface area contributed by atoms with Gasteiger partial charge in [-0.05, 0) is 31.0 Å². The molecule has 0 saturated heterocycles. The number of anilines is 1. The molecule has 0 bridgehead atoms. The zero-order valence-corrected chi connectivity index (χ0v) is 12.7. The number of hydrogen-bond acceptors (Lipinski definition) is 5. The van der Waals surface area contributed by atoms with Crippen molar-refractivity contribution in [2.24, 2.45) is 11.7 Å². The molecule has 0 saturated carbocycles. The molecule has 1 heterocycles. The van der Waals surface area contributed by atoms with Gasteiger partial charge in [0.25, 0.3) is 0 Å². The SMILES string of the molecule is CCOc1ccc2nc(NC(=O)[C@H](N)C(C)C)sc2c1. The number of nitrogens with zero attached hydrogens (tertiary/aromatic N) is 1. The highest BCUT2D eigenvalue weighted by Gasteiger charge is 2.18. The van der Waals surface area contributed by atoms with E-state index in [1.807, 2.05) is 39.0 Å². The second kappa shape index (κ2) is 6.19. The number of thiazole rings is 1. The number of nitrogens with one attached hydrogen (secondary N) is 1. The Kier molecular flexibility index (Phi) is 4.57. The van der Waals surface area contributed by atoms with Gasteiger partial charge in [-0.3, -0.25) is 4.79 Å². The highest BCUT2D eigenvalue weighted by molar-refractivity contribution is 7.22. The Morgan fingerprint density at radius 1 is 1.50 bits per heavy atom. The van der Waals surface area contributed by atoms with Gasteiger partial charge in [-0.1, -0.05) is 25.2 Å². The Bertz CT molecular complexity index is 609. The summed E-state index contributed by atoms with van der Waals surface area (Å²) in [6, 6.07) is 5.15. The molecule has 0 unspecified atom stereocenters. The highest BCUT2D eigenvalue weighted by Crippen LogP contribution is 2.29. The maximum Gasteiger partial charge on any atom is 0.243 e. The predicted molar refractivity (Wildman–Crippen MR) is 82.2 cm³/mol. The van der Waals surface area contributed by atoms with E-state index in [1.165, 1.54) is 11.3 Å². The molecule has 5 nitrogen and oxygen atoms in total.